The van der Waals surface area contributed by atoms with Crippen molar-refractivity contribution in [2.75, 3.05) is 19.8 Å². The molecule has 5 aliphatic carbocycles. The molecule has 0 aromatic carbocycles. The average Bonchev–Trinajstić information content (AvgIpc) is 3.44. The first-order valence-electron chi connectivity index (χ1n) is 20.2. The molecule has 5 aliphatic rings. The third-order valence-corrected chi connectivity index (χ3v) is 16.3. The molecular formula is C43H68O9. The molecule has 0 bridgehead atoms. The maximum atomic E-state index is 13.1. The zero-order valence-corrected chi connectivity index (χ0v) is 33.7. The summed E-state index contributed by atoms with van der Waals surface area (Å²) in [6.07, 6.45) is 11.1. The van der Waals surface area contributed by atoms with E-state index in [9.17, 15) is 24.3 Å². The molecule has 0 unspecified atom stereocenters. The Morgan fingerprint density at radius 3 is 2.13 bits per heavy atom. The van der Waals surface area contributed by atoms with Crippen LogP contribution in [0.4, 0.5) is 4.79 Å². The number of carboxylic acids is 1. The van der Waals surface area contributed by atoms with Crippen molar-refractivity contribution >= 4 is 24.1 Å². The maximum absolute atomic E-state index is 13.1. The number of aliphatic carboxylic acids is 1. The maximum Gasteiger partial charge on any atom is 0.508 e. The van der Waals surface area contributed by atoms with Crippen LogP contribution in [0.2, 0.25) is 0 Å². The predicted octanol–water partition coefficient (Wildman–Crippen LogP) is 9.55. The molecule has 0 aromatic heterocycles. The molecule has 10 atom stereocenters. The number of fused-ring (bicyclic) bond motifs is 7. The van der Waals surface area contributed by atoms with Gasteiger partial charge in [0.1, 0.15) is 19.3 Å². The highest BCUT2D eigenvalue weighted by Crippen LogP contribution is 2.78. The summed E-state index contributed by atoms with van der Waals surface area (Å²) in [5.74, 6) is 0.852. The van der Waals surface area contributed by atoms with Gasteiger partial charge in [-0.05, 0) is 150 Å². The minimum Gasteiger partial charge on any atom is -0.481 e. The Balaban J connectivity index is 1.31. The normalized spacial score (nSPS) is 39.1. The van der Waals surface area contributed by atoms with E-state index in [4.69, 9.17) is 18.9 Å². The molecule has 5 rings (SSSR count). The van der Waals surface area contributed by atoms with Crippen molar-refractivity contribution in [2.24, 2.45) is 62.1 Å². The van der Waals surface area contributed by atoms with Crippen molar-refractivity contribution in [1.29, 1.82) is 0 Å². The lowest BCUT2D eigenvalue weighted by atomic mass is 9.32. The molecule has 0 spiro atoms. The zero-order chi connectivity index (χ0) is 38.5. The van der Waals surface area contributed by atoms with Gasteiger partial charge in [0.2, 0.25) is 0 Å². The van der Waals surface area contributed by atoms with E-state index in [0.717, 1.165) is 57.8 Å². The number of carboxylic acid groups (broad SMARTS) is 1. The molecule has 1 N–H and O–H groups in total. The van der Waals surface area contributed by atoms with Crippen LogP contribution in [0.15, 0.2) is 12.2 Å². The molecule has 5 saturated carbocycles. The number of rotatable bonds is 12. The summed E-state index contributed by atoms with van der Waals surface area (Å²) >= 11 is 0. The third kappa shape index (κ3) is 6.93. The summed E-state index contributed by atoms with van der Waals surface area (Å²) in [7, 11) is 0. The Hall–Kier alpha value is -2.58. The molecule has 0 aliphatic heterocycles. The Morgan fingerprint density at radius 1 is 0.788 bits per heavy atom. The lowest BCUT2D eigenvalue weighted by Crippen LogP contribution is -2.66. The summed E-state index contributed by atoms with van der Waals surface area (Å²) in [6, 6.07) is 0. The largest absolute Gasteiger partial charge is 0.508 e. The van der Waals surface area contributed by atoms with Crippen LogP contribution in [0, 0.1) is 62.1 Å². The quantitative estimate of drug-likeness (QED) is 0.0905. The number of carbonyl (C=O) groups is 4. The number of esters is 2. The van der Waals surface area contributed by atoms with Crippen LogP contribution in [-0.2, 0) is 33.3 Å². The zero-order valence-electron chi connectivity index (χ0n) is 33.7. The summed E-state index contributed by atoms with van der Waals surface area (Å²) < 4.78 is 21.4. The SMILES string of the molecule is C=C(C)[C@@H]1CC[C@]2(CCC(=O)OCCOC(=O)OCC)CC[C@]3(C)[C@H](CC[C@@H]4[C@@]5(C)CC[C@H](OC(=O)CC(C)(C)C(=O)O)C(C)(C)[C@@H]5CC[C@]43C)[C@@H]12. The van der Waals surface area contributed by atoms with Crippen molar-refractivity contribution in [3.05, 3.63) is 12.2 Å². The minimum atomic E-state index is -1.16. The topological polar surface area (TPSA) is 125 Å². The molecule has 52 heavy (non-hydrogen) atoms. The first-order chi connectivity index (χ1) is 24.2. The molecule has 294 valence electrons. The smallest absolute Gasteiger partial charge is 0.481 e. The van der Waals surface area contributed by atoms with E-state index < -0.39 is 23.5 Å². The molecule has 9 nitrogen and oxygen atoms in total. The third-order valence-electron chi connectivity index (χ3n) is 16.3. The van der Waals surface area contributed by atoms with Crippen LogP contribution in [-0.4, -0.2) is 55.1 Å². The standard InChI is InChI=1S/C43H68O9/c1-11-49-37(48)51-25-24-50-33(44)17-21-43-20-14-28(27(2)3)35(43)29-12-13-31-40(8)18-16-32(52-34(45)26-38(4,5)36(46)47)39(6,7)30(40)15-19-42(31,10)41(29,9)22-23-43/h28-32,35H,2,11-26H2,1,3-10H3,(H,46,47)/t28-,29+,30-,31+,32-,35+,40-,41+,42+,43-/m0/s1. The van der Waals surface area contributed by atoms with Gasteiger partial charge in [0.05, 0.1) is 18.4 Å². The number of ether oxygens (including phenoxy) is 4. The Bertz CT molecular complexity index is 1400. The highest BCUT2D eigenvalue weighted by molar-refractivity contribution is 5.81. The Labute approximate surface area is 312 Å². The molecule has 5 fully saturated rings. The van der Waals surface area contributed by atoms with Crippen molar-refractivity contribution in [1.82, 2.24) is 0 Å². The van der Waals surface area contributed by atoms with E-state index in [2.05, 4.69) is 48.1 Å². The van der Waals surface area contributed by atoms with Crippen LogP contribution < -0.4 is 0 Å². The van der Waals surface area contributed by atoms with E-state index in [1.54, 1.807) is 20.8 Å². The van der Waals surface area contributed by atoms with Gasteiger partial charge in [-0.2, -0.15) is 0 Å². The number of carbonyl (C=O) groups excluding carboxylic acids is 3. The van der Waals surface area contributed by atoms with Crippen LogP contribution in [0.5, 0.6) is 0 Å². The average molecular weight is 729 g/mol. The van der Waals surface area contributed by atoms with Gasteiger partial charge in [0.15, 0.2) is 0 Å². The van der Waals surface area contributed by atoms with E-state index in [-0.39, 0.29) is 65.4 Å². The van der Waals surface area contributed by atoms with Gasteiger partial charge in [-0.3, -0.25) is 14.4 Å². The Morgan fingerprint density at radius 2 is 1.48 bits per heavy atom. The van der Waals surface area contributed by atoms with Gasteiger partial charge >= 0.3 is 24.1 Å². The van der Waals surface area contributed by atoms with E-state index in [1.165, 1.54) is 18.4 Å². The molecule has 0 heterocycles. The first kappa shape index (κ1) is 40.6. The molecule has 0 amide bonds. The highest BCUT2D eigenvalue weighted by atomic mass is 16.7. The van der Waals surface area contributed by atoms with Crippen molar-refractivity contribution < 1.29 is 43.2 Å². The van der Waals surface area contributed by atoms with E-state index in [0.29, 0.717) is 36.0 Å². The second-order valence-electron chi connectivity index (χ2n) is 19.5. The van der Waals surface area contributed by atoms with E-state index in [1.807, 2.05) is 0 Å². The second kappa shape index (κ2) is 14.6. The summed E-state index contributed by atoms with van der Waals surface area (Å²) in [5, 5.41) is 9.60. The van der Waals surface area contributed by atoms with Gasteiger partial charge < -0.3 is 24.1 Å². The summed E-state index contributed by atoms with van der Waals surface area (Å²) in [6.45, 7) is 24.2. The van der Waals surface area contributed by atoms with Crippen molar-refractivity contribution in [3.63, 3.8) is 0 Å². The predicted molar refractivity (Wildman–Crippen MR) is 198 cm³/mol. The number of hydrogen-bond donors (Lipinski definition) is 1. The van der Waals surface area contributed by atoms with Gasteiger partial charge in [-0.25, -0.2) is 4.79 Å². The summed E-state index contributed by atoms with van der Waals surface area (Å²) in [4.78, 5) is 49.2. The van der Waals surface area contributed by atoms with Gasteiger partial charge in [-0.1, -0.05) is 46.8 Å². The molecule has 9 heteroatoms. The van der Waals surface area contributed by atoms with Crippen LogP contribution in [0.1, 0.15) is 146 Å². The second-order valence-corrected chi connectivity index (χ2v) is 19.5. The van der Waals surface area contributed by atoms with Crippen molar-refractivity contribution in [3.8, 4) is 0 Å². The fourth-order valence-corrected chi connectivity index (χ4v) is 13.4. The fourth-order valence-electron chi connectivity index (χ4n) is 13.4. The minimum absolute atomic E-state index is 0.00977. The van der Waals surface area contributed by atoms with Crippen LogP contribution in [0.25, 0.3) is 0 Å². The fraction of sp³-hybridized carbons (Fsp3) is 0.860. The Kier molecular flexibility index (Phi) is 11.4. The van der Waals surface area contributed by atoms with E-state index >= 15 is 0 Å². The lowest BCUT2D eigenvalue weighted by Gasteiger charge is -2.73. The van der Waals surface area contributed by atoms with Crippen molar-refractivity contribution in [2.45, 2.75) is 152 Å². The number of allylic oxidation sites excluding steroid dienone is 1. The van der Waals surface area contributed by atoms with Crippen LogP contribution >= 0.6 is 0 Å². The monoisotopic (exact) mass is 728 g/mol. The summed E-state index contributed by atoms with van der Waals surface area (Å²) in [5.41, 5.74) is 0.446. The highest BCUT2D eigenvalue weighted by Gasteiger charge is 2.71. The molecule has 0 radical (unpaired) electrons. The van der Waals surface area contributed by atoms with Gasteiger partial charge in [-0.15, -0.1) is 0 Å². The van der Waals surface area contributed by atoms with Crippen LogP contribution in [0.3, 0.4) is 0 Å². The lowest BCUT2D eigenvalue weighted by molar-refractivity contribution is -0.250. The molecule has 0 aromatic rings. The number of hydrogen-bond acceptors (Lipinski definition) is 8. The molecular weight excluding hydrogens is 660 g/mol. The van der Waals surface area contributed by atoms with Gasteiger partial charge in [0, 0.05) is 11.8 Å². The van der Waals surface area contributed by atoms with Gasteiger partial charge in [0.25, 0.3) is 0 Å². The first-order valence-corrected chi connectivity index (χ1v) is 20.2. The molecule has 0 saturated heterocycles.